The Morgan fingerprint density at radius 1 is 1.44 bits per heavy atom. The number of hydrogen-bond acceptors (Lipinski definition) is 5. The van der Waals surface area contributed by atoms with E-state index in [4.69, 9.17) is 0 Å². The first kappa shape index (κ1) is 13.4. The second-order valence-corrected chi connectivity index (χ2v) is 5.80. The van der Waals surface area contributed by atoms with Crippen LogP contribution in [0.15, 0.2) is 0 Å². The molecule has 0 aromatic carbocycles. The van der Waals surface area contributed by atoms with E-state index in [-0.39, 0.29) is 18.6 Å². The van der Waals surface area contributed by atoms with Crippen LogP contribution in [-0.2, 0) is 19.6 Å². The predicted octanol–water partition coefficient (Wildman–Crippen LogP) is -0.827. The van der Waals surface area contributed by atoms with Crippen molar-refractivity contribution >= 4 is 16.0 Å². The molecule has 1 heterocycles. The second kappa shape index (κ2) is 5.60. The van der Waals surface area contributed by atoms with E-state index in [2.05, 4.69) is 9.46 Å². The van der Waals surface area contributed by atoms with Crippen molar-refractivity contribution in [2.75, 3.05) is 33.0 Å². The molecule has 0 bridgehead atoms. The number of sulfonamides is 1. The molecule has 0 aromatic heterocycles. The fourth-order valence-corrected chi connectivity index (χ4v) is 2.60. The summed E-state index contributed by atoms with van der Waals surface area (Å²) in [5.74, 6) is -0.255. The van der Waals surface area contributed by atoms with Gasteiger partial charge >= 0.3 is 5.97 Å². The Balaban J connectivity index is 2.31. The Bertz CT molecular complexity index is 333. The number of nitrogens with one attached hydrogen (secondary N) is 1. The summed E-state index contributed by atoms with van der Waals surface area (Å²) in [6, 6.07) is -0.0103. The van der Waals surface area contributed by atoms with Gasteiger partial charge in [-0.05, 0) is 12.8 Å². The normalized spacial score (nSPS) is 19.6. The summed E-state index contributed by atoms with van der Waals surface area (Å²) in [5, 5.41) is 0. The number of carbonyl (C=O) groups is 1. The molecule has 16 heavy (non-hydrogen) atoms. The number of methoxy groups -OCH3 is 1. The maximum atomic E-state index is 11.0. The number of rotatable bonds is 4. The first-order chi connectivity index (χ1) is 7.40. The summed E-state index contributed by atoms with van der Waals surface area (Å²) in [5.41, 5.74) is 0. The standard InChI is InChI=1S/C9H18N2O4S/c1-15-9(12)7-11-5-3-8(4-6-11)10-16(2,13)14/h8,10H,3-7H2,1-2H3. The molecule has 0 amide bonds. The maximum absolute atomic E-state index is 11.0. The average Bonchev–Trinajstić information content (AvgIpc) is 2.18. The van der Waals surface area contributed by atoms with Crippen LogP contribution in [0.1, 0.15) is 12.8 Å². The number of likely N-dealkylation sites (tertiary alicyclic amines) is 1. The van der Waals surface area contributed by atoms with E-state index in [1.54, 1.807) is 0 Å². The van der Waals surface area contributed by atoms with E-state index in [0.717, 1.165) is 19.1 Å². The SMILES string of the molecule is COC(=O)CN1CCC(NS(C)(=O)=O)CC1. The van der Waals surface area contributed by atoms with Gasteiger partial charge in [0.1, 0.15) is 0 Å². The molecule has 94 valence electrons. The third-order valence-electron chi connectivity index (χ3n) is 2.55. The summed E-state index contributed by atoms with van der Waals surface area (Å²) >= 11 is 0. The Labute approximate surface area is 96.0 Å². The van der Waals surface area contributed by atoms with Gasteiger partial charge in [0.2, 0.25) is 10.0 Å². The molecule has 7 heteroatoms. The molecule has 6 nitrogen and oxygen atoms in total. The molecule has 0 spiro atoms. The van der Waals surface area contributed by atoms with E-state index in [0.29, 0.717) is 13.1 Å². The van der Waals surface area contributed by atoms with Crippen LogP contribution >= 0.6 is 0 Å². The Hall–Kier alpha value is -0.660. The quantitative estimate of drug-likeness (QED) is 0.659. The highest BCUT2D eigenvalue weighted by molar-refractivity contribution is 7.88. The number of piperidine rings is 1. The molecule has 1 aliphatic heterocycles. The minimum atomic E-state index is -3.13. The Kier molecular flexibility index (Phi) is 4.69. The van der Waals surface area contributed by atoms with Gasteiger partial charge in [-0.1, -0.05) is 0 Å². The number of esters is 1. The van der Waals surface area contributed by atoms with E-state index < -0.39 is 10.0 Å². The number of carbonyl (C=O) groups excluding carboxylic acids is 1. The van der Waals surface area contributed by atoms with Crippen LogP contribution in [0.4, 0.5) is 0 Å². The molecule has 0 aliphatic carbocycles. The second-order valence-electron chi connectivity index (χ2n) is 4.02. The number of ether oxygens (including phenoxy) is 1. The van der Waals surface area contributed by atoms with Crippen molar-refractivity contribution in [2.24, 2.45) is 0 Å². The van der Waals surface area contributed by atoms with Crippen LogP contribution in [0.3, 0.4) is 0 Å². The van der Waals surface area contributed by atoms with Crippen molar-refractivity contribution in [2.45, 2.75) is 18.9 Å². The highest BCUT2D eigenvalue weighted by atomic mass is 32.2. The van der Waals surface area contributed by atoms with Crippen molar-refractivity contribution < 1.29 is 17.9 Å². The van der Waals surface area contributed by atoms with Gasteiger partial charge in [0.15, 0.2) is 0 Å². The molecule has 1 saturated heterocycles. The largest absolute Gasteiger partial charge is 0.468 e. The Morgan fingerprint density at radius 2 is 2.00 bits per heavy atom. The highest BCUT2D eigenvalue weighted by Gasteiger charge is 2.22. The van der Waals surface area contributed by atoms with Gasteiger partial charge in [0.05, 0.1) is 19.9 Å². The van der Waals surface area contributed by atoms with Crippen LogP contribution in [0.25, 0.3) is 0 Å². The van der Waals surface area contributed by atoms with Crippen LogP contribution < -0.4 is 4.72 Å². The lowest BCUT2D eigenvalue weighted by Gasteiger charge is -2.30. The van der Waals surface area contributed by atoms with E-state index in [1.807, 2.05) is 4.90 Å². The zero-order valence-corrected chi connectivity index (χ0v) is 10.4. The van der Waals surface area contributed by atoms with Gasteiger partial charge in [-0.2, -0.15) is 0 Å². The van der Waals surface area contributed by atoms with E-state index in [9.17, 15) is 13.2 Å². The van der Waals surface area contributed by atoms with Crippen LogP contribution in [-0.4, -0.2) is 58.3 Å². The monoisotopic (exact) mass is 250 g/mol. The zero-order chi connectivity index (χ0) is 12.2. The molecule has 1 aliphatic rings. The summed E-state index contributed by atoms with van der Waals surface area (Å²) in [7, 11) is -1.77. The lowest BCUT2D eigenvalue weighted by molar-refractivity contribution is -0.142. The summed E-state index contributed by atoms with van der Waals surface area (Å²) in [4.78, 5) is 13.0. The van der Waals surface area contributed by atoms with Crippen molar-refractivity contribution in [3.63, 3.8) is 0 Å². The van der Waals surface area contributed by atoms with Crippen LogP contribution in [0, 0.1) is 0 Å². The maximum Gasteiger partial charge on any atom is 0.319 e. The topological polar surface area (TPSA) is 75.7 Å². The minimum Gasteiger partial charge on any atom is -0.468 e. The number of nitrogens with zero attached hydrogens (tertiary/aromatic N) is 1. The zero-order valence-electron chi connectivity index (χ0n) is 9.60. The smallest absolute Gasteiger partial charge is 0.319 e. The van der Waals surface area contributed by atoms with E-state index in [1.165, 1.54) is 7.11 Å². The fourth-order valence-electron chi connectivity index (χ4n) is 1.76. The van der Waals surface area contributed by atoms with Gasteiger partial charge in [0.25, 0.3) is 0 Å². The van der Waals surface area contributed by atoms with E-state index >= 15 is 0 Å². The third kappa shape index (κ3) is 4.91. The molecule has 1 fully saturated rings. The van der Waals surface area contributed by atoms with Gasteiger partial charge in [-0.3, -0.25) is 9.69 Å². The molecule has 0 aromatic rings. The summed E-state index contributed by atoms with van der Waals surface area (Å²) < 4.78 is 29.2. The van der Waals surface area contributed by atoms with Crippen molar-refractivity contribution in [1.82, 2.24) is 9.62 Å². The Morgan fingerprint density at radius 3 is 2.44 bits per heavy atom. The molecule has 0 atom stereocenters. The molecular weight excluding hydrogens is 232 g/mol. The molecule has 0 unspecified atom stereocenters. The minimum absolute atomic E-state index is 0.0103. The molecule has 1 N–H and O–H groups in total. The van der Waals surface area contributed by atoms with Gasteiger partial charge < -0.3 is 4.74 Å². The first-order valence-corrected chi connectivity index (χ1v) is 7.06. The highest BCUT2D eigenvalue weighted by Crippen LogP contribution is 2.10. The molecule has 1 rings (SSSR count). The summed E-state index contributed by atoms with van der Waals surface area (Å²) in [6.45, 7) is 1.70. The lowest BCUT2D eigenvalue weighted by atomic mass is 10.1. The summed E-state index contributed by atoms with van der Waals surface area (Å²) in [6.07, 6.45) is 2.61. The van der Waals surface area contributed by atoms with Crippen LogP contribution in [0.2, 0.25) is 0 Å². The average molecular weight is 250 g/mol. The lowest BCUT2D eigenvalue weighted by Crippen LogP contribution is -2.45. The molecule has 0 radical (unpaired) electrons. The van der Waals surface area contributed by atoms with Crippen molar-refractivity contribution in [3.8, 4) is 0 Å². The third-order valence-corrected chi connectivity index (χ3v) is 3.31. The fraction of sp³-hybridized carbons (Fsp3) is 0.889. The van der Waals surface area contributed by atoms with Crippen LogP contribution in [0.5, 0.6) is 0 Å². The first-order valence-electron chi connectivity index (χ1n) is 5.17. The van der Waals surface area contributed by atoms with Crippen molar-refractivity contribution in [1.29, 1.82) is 0 Å². The van der Waals surface area contributed by atoms with Gasteiger partial charge in [0, 0.05) is 19.1 Å². The van der Waals surface area contributed by atoms with Gasteiger partial charge in [-0.25, -0.2) is 13.1 Å². The van der Waals surface area contributed by atoms with Gasteiger partial charge in [-0.15, -0.1) is 0 Å². The predicted molar refractivity (Wildman–Crippen MR) is 59.5 cm³/mol. The molecular formula is C9H18N2O4S. The van der Waals surface area contributed by atoms with Crippen molar-refractivity contribution in [3.05, 3.63) is 0 Å². The number of hydrogen-bond donors (Lipinski definition) is 1. The molecule has 0 saturated carbocycles.